The van der Waals surface area contributed by atoms with Crippen molar-refractivity contribution in [1.29, 1.82) is 0 Å². The fourth-order valence-electron chi connectivity index (χ4n) is 2.67. The van der Waals surface area contributed by atoms with E-state index < -0.39 is 23.6 Å². The summed E-state index contributed by atoms with van der Waals surface area (Å²) in [5.41, 5.74) is 0.366. The molecule has 1 aliphatic carbocycles. The Morgan fingerprint density at radius 3 is 2.15 bits per heavy atom. The topological polar surface area (TPSA) is 58.2 Å². The quantitative estimate of drug-likeness (QED) is 0.793. The third-order valence-corrected chi connectivity index (χ3v) is 4.58. The van der Waals surface area contributed by atoms with Crippen molar-refractivity contribution in [2.75, 3.05) is 5.32 Å². The summed E-state index contributed by atoms with van der Waals surface area (Å²) in [5.74, 6) is -1.50. The zero-order chi connectivity index (χ0) is 19.6. The van der Waals surface area contributed by atoms with Gasteiger partial charge >= 0.3 is 6.18 Å². The first kappa shape index (κ1) is 19.2. The van der Waals surface area contributed by atoms with Crippen LogP contribution in [0.15, 0.2) is 48.5 Å². The SMILES string of the molecule is O=C(NCc1ccc(Cl)cc1)C1CC1C(=O)Nc1ccc(C(F)(F)F)cc1. The smallest absolute Gasteiger partial charge is 0.352 e. The molecule has 2 atom stereocenters. The molecule has 0 bridgehead atoms. The second-order valence-electron chi connectivity index (χ2n) is 6.36. The van der Waals surface area contributed by atoms with E-state index in [4.69, 9.17) is 11.6 Å². The largest absolute Gasteiger partial charge is 0.416 e. The predicted octanol–water partition coefficient (Wildman–Crippen LogP) is 4.25. The first-order valence-electron chi connectivity index (χ1n) is 8.24. The van der Waals surface area contributed by atoms with E-state index in [2.05, 4.69) is 10.6 Å². The van der Waals surface area contributed by atoms with Crippen molar-refractivity contribution < 1.29 is 22.8 Å². The van der Waals surface area contributed by atoms with E-state index in [1.807, 2.05) is 0 Å². The molecule has 4 nitrogen and oxygen atoms in total. The number of nitrogens with one attached hydrogen (secondary N) is 2. The maximum absolute atomic E-state index is 12.5. The Morgan fingerprint density at radius 1 is 0.963 bits per heavy atom. The number of carbonyl (C=O) groups is 2. The van der Waals surface area contributed by atoms with Gasteiger partial charge in [0.1, 0.15) is 0 Å². The summed E-state index contributed by atoms with van der Waals surface area (Å²) in [4.78, 5) is 24.3. The summed E-state index contributed by atoms with van der Waals surface area (Å²) in [5, 5.41) is 5.92. The Bertz CT molecular complexity index is 836. The van der Waals surface area contributed by atoms with Crippen molar-refractivity contribution in [3.8, 4) is 0 Å². The minimum absolute atomic E-state index is 0.225. The number of rotatable bonds is 5. The van der Waals surface area contributed by atoms with E-state index >= 15 is 0 Å². The molecule has 0 heterocycles. The second-order valence-corrected chi connectivity index (χ2v) is 6.79. The van der Waals surface area contributed by atoms with Crippen molar-refractivity contribution in [1.82, 2.24) is 5.32 Å². The molecule has 0 spiro atoms. The first-order valence-corrected chi connectivity index (χ1v) is 8.62. The van der Waals surface area contributed by atoms with Crippen LogP contribution < -0.4 is 10.6 Å². The highest BCUT2D eigenvalue weighted by atomic mass is 35.5. The van der Waals surface area contributed by atoms with Gasteiger partial charge in [-0.15, -0.1) is 0 Å². The average molecular weight is 397 g/mol. The Labute approximate surface area is 158 Å². The third-order valence-electron chi connectivity index (χ3n) is 4.32. The van der Waals surface area contributed by atoms with Crippen LogP contribution in [0.3, 0.4) is 0 Å². The molecule has 8 heteroatoms. The summed E-state index contributed by atoms with van der Waals surface area (Å²) >= 11 is 5.80. The van der Waals surface area contributed by atoms with Crippen LogP contribution >= 0.6 is 11.6 Å². The zero-order valence-electron chi connectivity index (χ0n) is 14.0. The van der Waals surface area contributed by atoms with E-state index in [-0.39, 0.29) is 17.5 Å². The normalized spacial score (nSPS) is 18.7. The monoisotopic (exact) mass is 396 g/mol. The second kappa shape index (κ2) is 7.60. The van der Waals surface area contributed by atoms with Gasteiger partial charge in [0.2, 0.25) is 11.8 Å². The molecule has 1 aliphatic rings. The lowest BCUT2D eigenvalue weighted by molar-refractivity contribution is -0.137. The molecule has 2 unspecified atom stereocenters. The van der Waals surface area contributed by atoms with Crippen LogP contribution in [0.5, 0.6) is 0 Å². The Morgan fingerprint density at radius 2 is 1.56 bits per heavy atom. The summed E-state index contributed by atoms with van der Waals surface area (Å²) in [6.45, 7) is 0.333. The van der Waals surface area contributed by atoms with Crippen molar-refractivity contribution in [2.24, 2.45) is 11.8 Å². The molecule has 0 saturated heterocycles. The molecule has 142 valence electrons. The number of carbonyl (C=O) groups excluding carboxylic acids is 2. The van der Waals surface area contributed by atoms with Crippen LogP contribution in [-0.2, 0) is 22.3 Å². The van der Waals surface area contributed by atoms with Crippen LogP contribution in [-0.4, -0.2) is 11.8 Å². The van der Waals surface area contributed by atoms with E-state index in [0.29, 0.717) is 18.0 Å². The van der Waals surface area contributed by atoms with Crippen LogP contribution in [0.1, 0.15) is 17.5 Å². The van der Waals surface area contributed by atoms with E-state index in [0.717, 1.165) is 17.7 Å². The van der Waals surface area contributed by atoms with Crippen molar-refractivity contribution in [3.63, 3.8) is 0 Å². The Balaban J connectivity index is 1.48. The minimum Gasteiger partial charge on any atom is -0.352 e. The van der Waals surface area contributed by atoms with Gasteiger partial charge < -0.3 is 10.6 Å². The van der Waals surface area contributed by atoms with Crippen molar-refractivity contribution in [2.45, 2.75) is 19.1 Å². The minimum atomic E-state index is -4.42. The average Bonchev–Trinajstić information content (AvgIpc) is 3.42. The summed E-state index contributed by atoms with van der Waals surface area (Å²) in [6.07, 6.45) is -4.01. The molecular formula is C19H16ClF3N2O2. The maximum Gasteiger partial charge on any atom is 0.416 e. The third kappa shape index (κ3) is 5.01. The number of hydrogen-bond acceptors (Lipinski definition) is 2. The molecule has 2 aromatic rings. The van der Waals surface area contributed by atoms with E-state index in [1.165, 1.54) is 12.1 Å². The van der Waals surface area contributed by atoms with Gasteiger partial charge in [-0.3, -0.25) is 9.59 Å². The van der Waals surface area contributed by atoms with Gasteiger partial charge in [-0.2, -0.15) is 13.2 Å². The predicted molar refractivity (Wildman–Crippen MR) is 95.0 cm³/mol. The lowest BCUT2D eigenvalue weighted by Gasteiger charge is -2.09. The molecule has 0 aromatic heterocycles. The van der Waals surface area contributed by atoms with Gasteiger partial charge in [0.25, 0.3) is 0 Å². The molecule has 0 radical (unpaired) electrons. The zero-order valence-corrected chi connectivity index (χ0v) is 14.8. The number of hydrogen-bond donors (Lipinski definition) is 2. The van der Waals surface area contributed by atoms with Gasteiger partial charge in [0.15, 0.2) is 0 Å². The molecule has 2 aromatic carbocycles. The van der Waals surface area contributed by atoms with Gasteiger partial charge in [-0.25, -0.2) is 0 Å². The molecule has 1 fully saturated rings. The molecule has 1 saturated carbocycles. The number of amides is 2. The molecule has 27 heavy (non-hydrogen) atoms. The Kier molecular flexibility index (Phi) is 5.41. The lowest BCUT2D eigenvalue weighted by Crippen LogP contribution is -2.27. The molecule has 2 amide bonds. The summed E-state index contributed by atoms with van der Waals surface area (Å²) in [7, 11) is 0. The van der Waals surface area contributed by atoms with E-state index in [1.54, 1.807) is 24.3 Å². The fraction of sp³-hybridized carbons (Fsp3) is 0.263. The summed E-state index contributed by atoms with van der Waals surface area (Å²) in [6, 6.07) is 11.2. The molecule has 2 N–H and O–H groups in total. The van der Waals surface area contributed by atoms with Gasteiger partial charge in [0.05, 0.1) is 17.4 Å². The highest BCUT2D eigenvalue weighted by Gasteiger charge is 2.47. The van der Waals surface area contributed by atoms with E-state index in [9.17, 15) is 22.8 Å². The Hall–Kier alpha value is -2.54. The number of alkyl halides is 3. The maximum atomic E-state index is 12.5. The van der Waals surface area contributed by atoms with Crippen LogP contribution in [0.25, 0.3) is 0 Å². The molecular weight excluding hydrogens is 381 g/mol. The van der Waals surface area contributed by atoms with Gasteiger partial charge in [-0.05, 0) is 48.4 Å². The van der Waals surface area contributed by atoms with Crippen LogP contribution in [0.4, 0.5) is 18.9 Å². The van der Waals surface area contributed by atoms with Gasteiger partial charge in [-0.1, -0.05) is 23.7 Å². The van der Waals surface area contributed by atoms with Crippen molar-refractivity contribution >= 4 is 29.1 Å². The fourth-order valence-corrected chi connectivity index (χ4v) is 2.80. The summed E-state index contributed by atoms with van der Waals surface area (Å²) < 4.78 is 37.6. The van der Waals surface area contributed by atoms with Gasteiger partial charge in [0, 0.05) is 17.3 Å². The standard InChI is InChI=1S/C19H16ClF3N2O2/c20-13-5-1-11(2-6-13)10-24-17(26)15-9-16(15)18(27)25-14-7-3-12(4-8-14)19(21,22)23/h1-8,15-16H,9-10H2,(H,24,26)(H,25,27). The van der Waals surface area contributed by atoms with Crippen LogP contribution in [0.2, 0.25) is 5.02 Å². The lowest BCUT2D eigenvalue weighted by atomic mass is 10.2. The molecule has 0 aliphatic heterocycles. The first-order chi connectivity index (χ1) is 12.7. The number of anilines is 1. The highest BCUT2D eigenvalue weighted by molar-refractivity contribution is 6.30. The van der Waals surface area contributed by atoms with Crippen molar-refractivity contribution in [3.05, 3.63) is 64.7 Å². The number of benzene rings is 2. The number of halogens is 4. The highest BCUT2D eigenvalue weighted by Crippen LogP contribution is 2.39. The van der Waals surface area contributed by atoms with Crippen LogP contribution in [0, 0.1) is 11.8 Å². The molecule has 3 rings (SSSR count).